The first-order chi connectivity index (χ1) is 17.3. The molecule has 2 heterocycles. The molecule has 3 aromatic rings. The predicted octanol–water partition coefficient (Wildman–Crippen LogP) is 6.08. The maximum Gasteiger partial charge on any atom is 0.416 e. The quantitative estimate of drug-likeness (QED) is 0.443. The van der Waals surface area contributed by atoms with Crippen molar-refractivity contribution in [3.63, 3.8) is 0 Å². The number of hydrogen-bond acceptors (Lipinski definition) is 5. The second-order valence-electron chi connectivity index (χ2n) is 10.0. The fraction of sp³-hybridized carbons (Fsp3) is 0.407. The summed E-state index contributed by atoms with van der Waals surface area (Å²) in [6.07, 6.45) is -4.34. The van der Waals surface area contributed by atoms with Crippen LogP contribution in [0.3, 0.4) is 0 Å². The minimum atomic E-state index is -4.49. The Hall–Kier alpha value is -3.69. The third kappa shape index (κ3) is 6.18. The first-order valence-electron chi connectivity index (χ1n) is 11.9. The molecule has 0 aliphatic carbocycles. The Balaban J connectivity index is 1.47. The summed E-state index contributed by atoms with van der Waals surface area (Å²) < 4.78 is 56.7. The maximum atomic E-state index is 13.3. The van der Waals surface area contributed by atoms with Crippen molar-refractivity contribution in [2.45, 2.75) is 58.5 Å². The van der Waals surface area contributed by atoms with Crippen LogP contribution in [-0.2, 0) is 17.5 Å². The Kier molecular flexibility index (Phi) is 7.12. The van der Waals surface area contributed by atoms with Gasteiger partial charge in [0.25, 0.3) is 5.91 Å². The fourth-order valence-corrected chi connectivity index (χ4v) is 4.28. The summed E-state index contributed by atoms with van der Waals surface area (Å²) in [4.78, 5) is 27.1. The highest BCUT2D eigenvalue weighted by Crippen LogP contribution is 2.33. The molecule has 4 rings (SSSR count). The van der Waals surface area contributed by atoms with E-state index >= 15 is 0 Å². The molecular weight excluding hydrogens is 489 g/mol. The van der Waals surface area contributed by atoms with Crippen LogP contribution in [0.2, 0.25) is 0 Å². The Labute approximate surface area is 212 Å². The second-order valence-corrected chi connectivity index (χ2v) is 10.0. The fourth-order valence-electron chi connectivity index (χ4n) is 4.28. The molecule has 1 atom stereocenters. The Morgan fingerprint density at radius 2 is 1.86 bits per heavy atom. The first kappa shape index (κ1) is 26.4. The minimum absolute atomic E-state index is 0.00668. The topological polar surface area (TPSA) is 81.0 Å². The third-order valence-electron chi connectivity index (χ3n) is 5.95. The van der Waals surface area contributed by atoms with Crippen molar-refractivity contribution < 1.29 is 36.7 Å². The van der Waals surface area contributed by atoms with Gasteiger partial charge in [0, 0.05) is 30.1 Å². The molecule has 0 radical (unpaired) electrons. The van der Waals surface area contributed by atoms with Crippen molar-refractivity contribution in [3.05, 3.63) is 64.9 Å². The van der Waals surface area contributed by atoms with Gasteiger partial charge in [-0.15, -0.1) is 0 Å². The number of alkyl halides is 3. The Bertz CT molecular complexity index is 1310. The van der Waals surface area contributed by atoms with Crippen LogP contribution in [0.1, 0.15) is 54.4 Å². The monoisotopic (exact) mass is 518 g/mol. The van der Waals surface area contributed by atoms with Gasteiger partial charge in [0.05, 0.1) is 11.1 Å². The Morgan fingerprint density at radius 3 is 2.57 bits per heavy atom. The largest absolute Gasteiger partial charge is 0.489 e. The highest BCUT2D eigenvalue weighted by Gasteiger charge is 2.33. The average molecular weight is 519 g/mol. The van der Waals surface area contributed by atoms with E-state index in [9.17, 15) is 22.8 Å². The molecule has 0 spiro atoms. The van der Waals surface area contributed by atoms with E-state index in [1.807, 2.05) is 0 Å². The number of carbonyl (C=O) groups excluding carboxylic acids is 2. The number of likely N-dealkylation sites (tertiary alicyclic amines) is 1. The SMILES string of the molecule is Cc1oc2ccc(OCc3ccccc3C(F)(F)F)cc2c1C(=O)N[C@@H]1CCN(C(=O)OC(C)(C)C)C1. The summed E-state index contributed by atoms with van der Waals surface area (Å²) in [7, 11) is 0. The minimum Gasteiger partial charge on any atom is -0.489 e. The van der Waals surface area contributed by atoms with Gasteiger partial charge in [-0.3, -0.25) is 4.79 Å². The van der Waals surface area contributed by atoms with Gasteiger partial charge < -0.3 is 24.1 Å². The van der Waals surface area contributed by atoms with Gasteiger partial charge in [0.1, 0.15) is 29.3 Å². The predicted molar refractivity (Wildman–Crippen MR) is 130 cm³/mol. The van der Waals surface area contributed by atoms with Crippen molar-refractivity contribution in [1.82, 2.24) is 10.2 Å². The molecule has 1 N–H and O–H groups in total. The van der Waals surface area contributed by atoms with E-state index in [1.165, 1.54) is 18.2 Å². The molecule has 1 saturated heterocycles. The van der Waals surface area contributed by atoms with Gasteiger partial charge in [-0.25, -0.2) is 4.79 Å². The molecule has 2 amide bonds. The molecule has 0 saturated carbocycles. The number of halogens is 3. The van der Waals surface area contributed by atoms with Crippen LogP contribution in [-0.4, -0.2) is 41.6 Å². The van der Waals surface area contributed by atoms with Gasteiger partial charge in [0.2, 0.25) is 0 Å². The van der Waals surface area contributed by atoms with Crippen molar-refractivity contribution in [2.75, 3.05) is 13.1 Å². The molecule has 1 aliphatic rings. The highest BCUT2D eigenvalue weighted by atomic mass is 19.4. The summed E-state index contributed by atoms with van der Waals surface area (Å²) in [5.74, 6) is 0.331. The van der Waals surface area contributed by atoms with Crippen molar-refractivity contribution in [2.24, 2.45) is 0 Å². The summed E-state index contributed by atoms with van der Waals surface area (Å²) in [5.41, 5.74) is -0.598. The number of nitrogens with zero attached hydrogens (tertiary/aromatic N) is 1. The summed E-state index contributed by atoms with van der Waals surface area (Å²) >= 11 is 0. The lowest BCUT2D eigenvalue weighted by Gasteiger charge is -2.24. The van der Waals surface area contributed by atoms with Crippen LogP contribution in [0.4, 0.5) is 18.0 Å². The molecular formula is C27H29F3N2O5. The van der Waals surface area contributed by atoms with E-state index in [0.29, 0.717) is 47.6 Å². The van der Waals surface area contributed by atoms with Crippen LogP contribution in [0, 0.1) is 6.92 Å². The smallest absolute Gasteiger partial charge is 0.416 e. The molecule has 198 valence electrons. The van der Waals surface area contributed by atoms with E-state index in [1.54, 1.807) is 50.8 Å². The average Bonchev–Trinajstić information content (AvgIpc) is 3.39. The number of nitrogens with one attached hydrogen (secondary N) is 1. The maximum absolute atomic E-state index is 13.3. The second kappa shape index (κ2) is 9.99. The Morgan fingerprint density at radius 1 is 1.14 bits per heavy atom. The number of amides is 2. The summed E-state index contributed by atoms with van der Waals surface area (Å²) in [5, 5.41) is 3.43. The molecule has 10 heteroatoms. The van der Waals surface area contributed by atoms with Crippen molar-refractivity contribution >= 4 is 23.0 Å². The molecule has 37 heavy (non-hydrogen) atoms. The van der Waals surface area contributed by atoms with Crippen LogP contribution in [0.15, 0.2) is 46.9 Å². The van der Waals surface area contributed by atoms with E-state index in [0.717, 1.165) is 6.07 Å². The molecule has 1 aromatic heterocycles. The van der Waals surface area contributed by atoms with Gasteiger partial charge >= 0.3 is 12.3 Å². The highest BCUT2D eigenvalue weighted by molar-refractivity contribution is 6.07. The summed E-state index contributed by atoms with van der Waals surface area (Å²) in [6.45, 7) is 7.53. The molecule has 0 unspecified atom stereocenters. The number of benzene rings is 2. The van der Waals surface area contributed by atoms with E-state index < -0.39 is 23.4 Å². The van der Waals surface area contributed by atoms with Crippen molar-refractivity contribution in [1.29, 1.82) is 0 Å². The van der Waals surface area contributed by atoms with Crippen LogP contribution < -0.4 is 10.1 Å². The van der Waals surface area contributed by atoms with Crippen LogP contribution >= 0.6 is 0 Å². The number of fused-ring (bicyclic) bond motifs is 1. The van der Waals surface area contributed by atoms with Crippen LogP contribution in [0.25, 0.3) is 11.0 Å². The van der Waals surface area contributed by atoms with E-state index in [4.69, 9.17) is 13.9 Å². The zero-order valence-corrected chi connectivity index (χ0v) is 21.1. The standard InChI is InChI=1S/C27H29F3N2O5/c1-16-23(24(33)31-18-11-12-32(14-18)25(34)37-26(2,3)4)20-13-19(9-10-22(20)36-16)35-15-17-7-5-6-8-21(17)27(28,29)30/h5-10,13,18H,11-12,14-15H2,1-4H3,(H,31,33)/t18-/m1/s1. The normalized spacial score (nSPS) is 16.2. The van der Waals surface area contributed by atoms with Gasteiger partial charge in [-0.05, 0) is 58.4 Å². The van der Waals surface area contributed by atoms with Gasteiger partial charge in [-0.1, -0.05) is 18.2 Å². The number of rotatable bonds is 5. The number of carbonyl (C=O) groups is 2. The van der Waals surface area contributed by atoms with E-state index in [2.05, 4.69) is 5.32 Å². The number of hydrogen-bond donors (Lipinski definition) is 1. The zero-order valence-electron chi connectivity index (χ0n) is 21.1. The van der Waals surface area contributed by atoms with Gasteiger partial charge in [-0.2, -0.15) is 13.2 Å². The van der Waals surface area contributed by atoms with Gasteiger partial charge in [0.15, 0.2) is 0 Å². The molecule has 1 fully saturated rings. The molecule has 2 aromatic carbocycles. The van der Waals surface area contributed by atoms with E-state index in [-0.39, 0.29) is 24.1 Å². The van der Waals surface area contributed by atoms with Crippen molar-refractivity contribution in [3.8, 4) is 5.75 Å². The number of furan rings is 1. The molecule has 1 aliphatic heterocycles. The number of ether oxygens (including phenoxy) is 2. The first-order valence-corrected chi connectivity index (χ1v) is 11.9. The summed E-state index contributed by atoms with van der Waals surface area (Å²) in [6, 6.07) is 9.74. The third-order valence-corrected chi connectivity index (χ3v) is 5.95. The number of aryl methyl sites for hydroxylation is 1. The lowest BCUT2D eigenvalue weighted by Crippen LogP contribution is -2.40. The molecule has 0 bridgehead atoms. The van der Waals surface area contributed by atoms with Crippen LogP contribution in [0.5, 0.6) is 5.75 Å². The lowest BCUT2D eigenvalue weighted by atomic mass is 10.1. The lowest BCUT2D eigenvalue weighted by molar-refractivity contribution is -0.138. The zero-order chi connectivity index (χ0) is 27.0. The molecule has 7 nitrogen and oxygen atoms in total.